The van der Waals surface area contributed by atoms with E-state index < -0.39 is 29.7 Å². The lowest BCUT2D eigenvalue weighted by molar-refractivity contribution is -0.203. The van der Waals surface area contributed by atoms with Crippen LogP contribution in [-0.4, -0.2) is 59.1 Å². The molecule has 3 heterocycles. The molecule has 10 nitrogen and oxygen atoms in total. The molecule has 1 atom stereocenters. The number of nitrogens with zero attached hydrogens (tertiary/aromatic N) is 4. The van der Waals surface area contributed by atoms with Crippen LogP contribution < -0.4 is 26.5 Å². The van der Waals surface area contributed by atoms with Crippen LogP contribution >= 0.6 is 11.6 Å². The highest BCUT2D eigenvalue weighted by Gasteiger charge is 2.51. The Hall–Kier alpha value is -3.81. The van der Waals surface area contributed by atoms with Gasteiger partial charge in [0.2, 0.25) is 6.29 Å². The number of para-hydroxylation sites is 1. The van der Waals surface area contributed by atoms with Gasteiger partial charge in [-0.15, -0.1) is 5.06 Å². The van der Waals surface area contributed by atoms with Crippen LogP contribution in [0.5, 0.6) is 0 Å². The van der Waals surface area contributed by atoms with E-state index in [0.717, 1.165) is 4.57 Å². The van der Waals surface area contributed by atoms with Crippen molar-refractivity contribution < 1.29 is 22.8 Å². The number of fused-ring (bicyclic) bond motifs is 1. The number of benzene rings is 2. The summed E-state index contributed by atoms with van der Waals surface area (Å²) in [6.45, 7) is 1.51. The minimum Gasteiger partial charge on any atom is -0.327 e. The van der Waals surface area contributed by atoms with E-state index in [-0.39, 0.29) is 28.8 Å². The summed E-state index contributed by atoms with van der Waals surface area (Å²) in [5.74, 6) is -2.80. The summed E-state index contributed by atoms with van der Waals surface area (Å²) >= 11 is 6.49. The number of carbonyl (C=O) groups is 1. The van der Waals surface area contributed by atoms with Crippen molar-refractivity contribution in [2.45, 2.75) is 19.0 Å². The fourth-order valence-corrected chi connectivity index (χ4v) is 4.81. The van der Waals surface area contributed by atoms with Gasteiger partial charge in [-0.05, 0) is 17.7 Å². The Morgan fingerprint density at radius 3 is 2.34 bits per heavy atom. The normalized spacial score (nSPS) is 17.9. The third kappa shape index (κ3) is 4.75. The van der Waals surface area contributed by atoms with Crippen LogP contribution in [0.1, 0.15) is 5.56 Å². The zero-order valence-electron chi connectivity index (χ0n) is 19.7. The van der Waals surface area contributed by atoms with E-state index in [1.807, 2.05) is 0 Å². The van der Waals surface area contributed by atoms with Crippen LogP contribution in [0.4, 0.5) is 30.4 Å². The zero-order valence-corrected chi connectivity index (χ0v) is 20.5. The lowest BCUT2D eigenvalue weighted by Gasteiger charge is -2.41. The summed E-state index contributed by atoms with van der Waals surface area (Å²) in [5, 5.41) is 4.04. The van der Waals surface area contributed by atoms with Crippen molar-refractivity contribution in [3.05, 3.63) is 86.0 Å². The van der Waals surface area contributed by atoms with Gasteiger partial charge in [0, 0.05) is 26.2 Å². The van der Waals surface area contributed by atoms with Crippen molar-refractivity contribution in [1.29, 1.82) is 0 Å². The van der Waals surface area contributed by atoms with E-state index >= 15 is 0 Å². The average Bonchev–Trinajstić information content (AvgIpc) is 3.22. The number of nitrogens with one attached hydrogen (secondary N) is 2. The molecule has 14 heteroatoms. The van der Waals surface area contributed by atoms with Gasteiger partial charge in [-0.1, -0.05) is 54.1 Å². The molecule has 2 aliphatic heterocycles. The number of carbonyl (C=O) groups excluding carboxylic acids is 1. The van der Waals surface area contributed by atoms with Gasteiger partial charge in [0.15, 0.2) is 11.5 Å². The van der Waals surface area contributed by atoms with E-state index in [2.05, 4.69) is 10.3 Å². The molecule has 38 heavy (non-hydrogen) atoms. The third-order valence-electron chi connectivity index (χ3n) is 6.22. The number of anilines is 3. The molecule has 0 amide bonds. The average molecular weight is 551 g/mol. The molecule has 0 aliphatic carbocycles. The quantitative estimate of drug-likeness (QED) is 0.499. The number of rotatable bonds is 5. The minimum atomic E-state index is -5.34. The molecule has 0 radical (unpaired) electrons. The second-order valence-electron chi connectivity index (χ2n) is 8.66. The number of hydroxylamine groups is 1. The molecule has 3 aromatic rings. The molecule has 2 N–H and O–H groups in total. The van der Waals surface area contributed by atoms with Crippen LogP contribution in [0.15, 0.2) is 64.2 Å². The SMILES string of the molecule is O=C(ON1c2c(c(=O)[nH]c(=O)n2Cc2ccccc2)N(c2ccccc2Cl)C1N1CCNCC1)C(F)(F)F. The van der Waals surface area contributed by atoms with Crippen molar-refractivity contribution in [3.63, 3.8) is 0 Å². The van der Waals surface area contributed by atoms with E-state index in [0.29, 0.717) is 36.8 Å². The van der Waals surface area contributed by atoms with Crippen molar-refractivity contribution >= 4 is 34.8 Å². The van der Waals surface area contributed by atoms with E-state index in [1.54, 1.807) is 59.5 Å². The second-order valence-corrected chi connectivity index (χ2v) is 9.07. The number of hydrogen-bond acceptors (Lipinski definition) is 8. The minimum absolute atomic E-state index is 0.122. The lowest BCUT2D eigenvalue weighted by Crippen LogP contribution is -2.60. The predicted molar refractivity (Wildman–Crippen MR) is 133 cm³/mol. The summed E-state index contributed by atoms with van der Waals surface area (Å²) in [6, 6.07) is 15.1. The number of hydrogen-bond donors (Lipinski definition) is 2. The monoisotopic (exact) mass is 550 g/mol. The molecule has 5 rings (SSSR count). The molecule has 1 saturated heterocycles. The first kappa shape index (κ1) is 25.8. The van der Waals surface area contributed by atoms with Crippen molar-refractivity contribution in [2.75, 3.05) is 36.1 Å². The fourth-order valence-electron chi connectivity index (χ4n) is 4.58. The first-order valence-electron chi connectivity index (χ1n) is 11.6. The van der Waals surface area contributed by atoms with Gasteiger partial charge < -0.3 is 10.2 Å². The number of aromatic nitrogens is 2. The van der Waals surface area contributed by atoms with Crippen molar-refractivity contribution in [2.24, 2.45) is 0 Å². The van der Waals surface area contributed by atoms with Gasteiger partial charge in [0.25, 0.3) is 5.56 Å². The molecule has 2 aromatic carbocycles. The van der Waals surface area contributed by atoms with Crippen LogP contribution in [-0.2, 0) is 16.2 Å². The first-order chi connectivity index (χ1) is 18.2. The standard InChI is InChI=1S/C24H22ClF3N6O4/c25-16-8-4-5-9-17(16)33-18-19(35)30-22(37)32(14-15-6-2-1-3-7-15)20(18)34(38-21(36)24(26,27)28)23(33)31-12-10-29-11-13-31/h1-9,23,29H,10-14H2,(H,30,35,37). The Morgan fingerprint density at radius 1 is 1.03 bits per heavy atom. The van der Waals surface area contributed by atoms with E-state index in [1.165, 1.54) is 4.90 Å². The largest absolute Gasteiger partial charge is 0.493 e. The van der Waals surface area contributed by atoms with Crippen LogP contribution in [0.25, 0.3) is 0 Å². The molecule has 1 unspecified atom stereocenters. The summed E-state index contributed by atoms with van der Waals surface area (Å²) in [5.41, 5.74) is -1.04. The summed E-state index contributed by atoms with van der Waals surface area (Å²) in [4.78, 5) is 48.9. The highest BCUT2D eigenvalue weighted by Crippen LogP contribution is 2.45. The van der Waals surface area contributed by atoms with Crippen molar-refractivity contribution in [3.8, 4) is 0 Å². The fraction of sp³-hybridized carbons (Fsp3) is 0.292. The molecule has 0 bridgehead atoms. The van der Waals surface area contributed by atoms with Gasteiger partial charge in [0.05, 0.1) is 17.3 Å². The maximum atomic E-state index is 13.4. The third-order valence-corrected chi connectivity index (χ3v) is 6.54. The second kappa shape index (κ2) is 10.2. The Bertz CT molecular complexity index is 1460. The van der Waals surface area contributed by atoms with Gasteiger partial charge in [-0.25, -0.2) is 9.59 Å². The molecule has 1 aromatic heterocycles. The Labute approximate surface area is 218 Å². The van der Waals surface area contributed by atoms with E-state index in [4.69, 9.17) is 16.4 Å². The Kier molecular flexibility index (Phi) is 6.90. The number of piperazine rings is 1. The number of alkyl halides is 3. The number of H-pyrrole nitrogens is 1. The first-order valence-corrected chi connectivity index (χ1v) is 12.0. The number of halogens is 4. The van der Waals surface area contributed by atoms with Crippen molar-refractivity contribution in [1.82, 2.24) is 19.8 Å². The maximum absolute atomic E-state index is 13.4. The zero-order chi connectivity index (χ0) is 27.0. The highest BCUT2D eigenvalue weighted by atomic mass is 35.5. The Balaban J connectivity index is 1.78. The van der Waals surface area contributed by atoms with Gasteiger partial charge in [-0.2, -0.15) is 13.2 Å². The Morgan fingerprint density at radius 2 is 1.68 bits per heavy atom. The van der Waals surface area contributed by atoms with Gasteiger partial charge in [-0.3, -0.25) is 24.1 Å². The smallest absolute Gasteiger partial charge is 0.327 e. The summed E-state index contributed by atoms with van der Waals surface area (Å²) in [6.07, 6.45) is -6.58. The maximum Gasteiger partial charge on any atom is 0.493 e. The summed E-state index contributed by atoms with van der Waals surface area (Å²) in [7, 11) is 0. The highest BCUT2D eigenvalue weighted by molar-refractivity contribution is 6.33. The van der Waals surface area contributed by atoms with E-state index in [9.17, 15) is 27.6 Å². The predicted octanol–water partition coefficient (Wildman–Crippen LogP) is 2.41. The molecule has 200 valence electrons. The van der Waals surface area contributed by atoms with Gasteiger partial charge in [0.1, 0.15) is 0 Å². The van der Waals surface area contributed by atoms with Crippen LogP contribution in [0.2, 0.25) is 5.02 Å². The summed E-state index contributed by atoms with van der Waals surface area (Å²) < 4.78 is 41.4. The molecular weight excluding hydrogens is 529 g/mol. The lowest BCUT2D eigenvalue weighted by atomic mass is 10.2. The van der Waals surface area contributed by atoms with Crippen LogP contribution in [0.3, 0.4) is 0 Å². The number of aromatic amines is 1. The van der Waals surface area contributed by atoms with Crippen LogP contribution in [0, 0.1) is 0 Å². The topological polar surface area (TPSA) is 103 Å². The molecule has 1 fully saturated rings. The van der Waals surface area contributed by atoms with Gasteiger partial charge >= 0.3 is 17.8 Å². The molecular formula is C24H22ClF3N6O4. The molecule has 0 saturated carbocycles. The molecule has 0 spiro atoms. The molecule has 2 aliphatic rings.